The molecule has 84 valence electrons. The molecule has 1 aliphatic heterocycles. The number of carbonyl (C=O) groups excluding carboxylic acids is 2. The molecule has 0 bridgehead atoms. The first kappa shape index (κ1) is 13.4. The second kappa shape index (κ2) is 7.79. The van der Waals surface area contributed by atoms with Crippen molar-refractivity contribution in [2.75, 3.05) is 6.54 Å². The average Bonchev–Trinajstić information content (AvgIpc) is 2.43. The van der Waals surface area contributed by atoms with Gasteiger partial charge in [-0.2, -0.15) is 0 Å². The Morgan fingerprint density at radius 2 is 2.07 bits per heavy atom. The van der Waals surface area contributed by atoms with Crippen LogP contribution < -0.4 is 11.1 Å². The van der Waals surface area contributed by atoms with Gasteiger partial charge in [-0.25, -0.2) is 0 Å². The molecule has 2 amide bonds. The Labute approximate surface area is 90.2 Å². The highest BCUT2D eigenvalue weighted by molar-refractivity contribution is 5.85. The molecule has 1 atom stereocenters. The van der Waals surface area contributed by atoms with Gasteiger partial charge in [-0.15, -0.1) is 6.58 Å². The number of primary amides is 1. The van der Waals surface area contributed by atoms with Gasteiger partial charge >= 0.3 is 0 Å². The third-order valence-corrected chi connectivity index (χ3v) is 2.06. The van der Waals surface area contributed by atoms with Crippen LogP contribution in [0, 0.1) is 5.92 Å². The van der Waals surface area contributed by atoms with Crippen LogP contribution in [0.1, 0.15) is 19.3 Å². The molecule has 0 radical (unpaired) electrons. The molecule has 4 heteroatoms. The van der Waals surface area contributed by atoms with Crippen LogP contribution in [0.15, 0.2) is 25.3 Å². The minimum Gasteiger partial charge on any atom is -0.366 e. The van der Waals surface area contributed by atoms with E-state index in [1.807, 2.05) is 0 Å². The van der Waals surface area contributed by atoms with Crippen molar-refractivity contribution in [3.63, 3.8) is 0 Å². The molecule has 1 unspecified atom stereocenters. The Kier molecular flexibility index (Phi) is 6.97. The summed E-state index contributed by atoms with van der Waals surface area (Å²) in [6.07, 6.45) is 6.00. The quantitative estimate of drug-likeness (QED) is 0.521. The fourth-order valence-electron chi connectivity index (χ4n) is 1.19. The molecule has 3 N–H and O–H groups in total. The van der Waals surface area contributed by atoms with Crippen molar-refractivity contribution in [1.82, 2.24) is 5.32 Å². The zero-order chi connectivity index (χ0) is 11.7. The highest BCUT2D eigenvalue weighted by atomic mass is 16.2. The van der Waals surface area contributed by atoms with Crippen LogP contribution >= 0.6 is 0 Å². The Morgan fingerprint density at radius 1 is 1.47 bits per heavy atom. The van der Waals surface area contributed by atoms with E-state index in [0.29, 0.717) is 0 Å². The van der Waals surface area contributed by atoms with Gasteiger partial charge in [0, 0.05) is 6.54 Å². The predicted molar refractivity (Wildman–Crippen MR) is 59.9 cm³/mol. The maximum Gasteiger partial charge on any atom is 0.240 e. The fraction of sp³-hybridized carbons (Fsp3) is 0.455. The Morgan fingerprint density at radius 3 is 2.53 bits per heavy atom. The van der Waals surface area contributed by atoms with Gasteiger partial charge in [-0.1, -0.05) is 19.1 Å². The summed E-state index contributed by atoms with van der Waals surface area (Å²) >= 11 is 0. The van der Waals surface area contributed by atoms with Crippen molar-refractivity contribution in [3.05, 3.63) is 25.3 Å². The summed E-state index contributed by atoms with van der Waals surface area (Å²) in [6, 6.07) is 0. The van der Waals surface area contributed by atoms with E-state index in [9.17, 15) is 9.59 Å². The average molecular weight is 210 g/mol. The first-order valence-electron chi connectivity index (χ1n) is 4.94. The SMILES string of the molecule is C=CC(N)=O.C=CC1CCCCNC1=O. The lowest BCUT2D eigenvalue weighted by Gasteiger charge is -2.05. The molecule has 1 rings (SSSR count). The summed E-state index contributed by atoms with van der Waals surface area (Å²) in [5, 5.41) is 2.84. The number of amides is 2. The zero-order valence-electron chi connectivity index (χ0n) is 8.87. The predicted octanol–water partition coefficient (Wildman–Crippen LogP) is 0.746. The molecule has 0 aliphatic carbocycles. The lowest BCUT2D eigenvalue weighted by molar-refractivity contribution is -0.123. The molecule has 0 spiro atoms. The molecule has 4 nitrogen and oxygen atoms in total. The lowest BCUT2D eigenvalue weighted by atomic mass is 10.0. The molecule has 0 aromatic heterocycles. The van der Waals surface area contributed by atoms with Crippen LogP contribution in [0.3, 0.4) is 0 Å². The molecule has 1 heterocycles. The van der Waals surface area contributed by atoms with Crippen molar-refractivity contribution in [2.45, 2.75) is 19.3 Å². The van der Waals surface area contributed by atoms with E-state index in [2.05, 4.69) is 24.2 Å². The van der Waals surface area contributed by atoms with Crippen molar-refractivity contribution in [3.8, 4) is 0 Å². The van der Waals surface area contributed by atoms with Crippen LogP contribution in [0.2, 0.25) is 0 Å². The molecule has 0 aromatic rings. The van der Waals surface area contributed by atoms with E-state index >= 15 is 0 Å². The molecule has 1 fully saturated rings. The summed E-state index contributed by atoms with van der Waals surface area (Å²) in [7, 11) is 0. The molecule has 15 heavy (non-hydrogen) atoms. The summed E-state index contributed by atoms with van der Waals surface area (Å²) in [4.78, 5) is 20.5. The van der Waals surface area contributed by atoms with Gasteiger partial charge in [0.1, 0.15) is 0 Å². The Hall–Kier alpha value is -1.58. The summed E-state index contributed by atoms with van der Waals surface area (Å²) in [5.41, 5.74) is 4.53. The van der Waals surface area contributed by atoms with Crippen LogP contribution in [0.25, 0.3) is 0 Å². The molecule has 1 aliphatic rings. The molecular formula is C11H18N2O2. The van der Waals surface area contributed by atoms with Crippen molar-refractivity contribution in [2.24, 2.45) is 11.7 Å². The number of rotatable bonds is 2. The first-order valence-corrected chi connectivity index (χ1v) is 4.94. The van der Waals surface area contributed by atoms with Crippen molar-refractivity contribution >= 4 is 11.8 Å². The largest absolute Gasteiger partial charge is 0.366 e. The van der Waals surface area contributed by atoms with E-state index in [1.54, 1.807) is 6.08 Å². The van der Waals surface area contributed by atoms with Gasteiger partial charge in [0.05, 0.1) is 5.92 Å². The third kappa shape index (κ3) is 6.49. The van der Waals surface area contributed by atoms with E-state index in [0.717, 1.165) is 31.9 Å². The second-order valence-corrected chi connectivity index (χ2v) is 3.24. The van der Waals surface area contributed by atoms with Gasteiger partial charge in [-0.3, -0.25) is 9.59 Å². The van der Waals surface area contributed by atoms with Gasteiger partial charge in [0.15, 0.2) is 0 Å². The van der Waals surface area contributed by atoms with E-state index in [4.69, 9.17) is 0 Å². The van der Waals surface area contributed by atoms with Gasteiger partial charge in [-0.05, 0) is 18.9 Å². The normalized spacial score (nSPS) is 20.0. The lowest BCUT2D eigenvalue weighted by Crippen LogP contribution is -2.27. The standard InChI is InChI=1S/C8H13NO.C3H5NO/c1-2-7-5-3-4-6-9-8(7)10;1-2-3(4)5/h2,7H,1,3-6H2,(H,9,10);2H,1H2,(H2,4,5). The molecule has 0 aromatic carbocycles. The molecular weight excluding hydrogens is 192 g/mol. The number of nitrogens with two attached hydrogens (primary N) is 1. The molecule has 0 saturated carbocycles. The van der Waals surface area contributed by atoms with Crippen molar-refractivity contribution < 1.29 is 9.59 Å². The highest BCUT2D eigenvalue weighted by Crippen LogP contribution is 2.12. The Bertz CT molecular complexity index is 249. The van der Waals surface area contributed by atoms with Crippen LogP contribution in [-0.4, -0.2) is 18.4 Å². The maximum atomic E-state index is 11.1. The topological polar surface area (TPSA) is 72.2 Å². The highest BCUT2D eigenvalue weighted by Gasteiger charge is 2.16. The first-order chi connectivity index (χ1) is 7.11. The van der Waals surface area contributed by atoms with Crippen LogP contribution in [0.5, 0.6) is 0 Å². The van der Waals surface area contributed by atoms with E-state index in [-0.39, 0.29) is 11.8 Å². The van der Waals surface area contributed by atoms with E-state index < -0.39 is 5.91 Å². The third-order valence-electron chi connectivity index (χ3n) is 2.06. The number of nitrogens with one attached hydrogen (secondary N) is 1. The van der Waals surface area contributed by atoms with Gasteiger partial charge in [0.2, 0.25) is 11.8 Å². The summed E-state index contributed by atoms with van der Waals surface area (Å²) in [5.74, 6) is -0.278. The fourth-order valence-corrected chi connectivity index (χ4v) is 1.19. The van der Waals surface area contributed by atoms with E-state index in [1.165, 1.54) is 0 Å². The maximum absolute atomic E-state index is 11.1. The molecule has 1 saturated heterocycles. The smallest absolute Gasteiger partial charge is 0.240 e. The number of hydrogen-bond acceptors (Lipinski definition) is 2. The zero-order valence-corrected chi connectivity index (χ0v) is 8.87. The summed E-state index contributed by atoms with van der Waals surface area (Å²) < 4.78 is 0. The number of carbonyl (C=O) groups is 2. The van der Waals surface area contributed by atoms with Crippen molar-refractivity contribution in [1.29, 1.82) is 0 Å². The second-order valence-electron chi connectivity index (χ2n) is 3.24. The Balaban J connectivity index is 0.000000336. The minimum atomic E-state index is -0.481. The number of hydrogen-bond donors (Lipinski definition) is 2. The van der Waals surface area contributed by atoms with Gasteiger partial charge in [0.25, 0.3) is 0 Å². The monoisotopic (exact) mass is 210 g/mol. The van der Waals surface area contributed by atoms with Gasteiger partial charge < -0.3 is 11.1 Å². The summed E-state index contributed by atoms with van der Waals surface area (Å²) in [6.45, 7) is 7.54. The van der Waals surface area contributed by atoms with Crippen LogP contribution in [0.4, 0.5) is 0 Å². The minimum absolute atomic E-state index is 0.0579. The van der Waals surface area contributed by atoms with Crippen LogP contribution in [-0.2, 0) is 9.59 Å².